The normalized spacial score (nSPS) is 12.4. The van der Waals surface area contributed by atoms with Gasteiger partial charge in [-0.1, -0.05) is 25.1 Å². The number of nitrogens with two attached hydrogens (primary N) is 1. The summed E-state index contributed by atoms with van der Waals surface area (Å²) in [6.45, 7) is 4.41. The highest BCUT2D eigenvalue weighted by atomic mass is 16.5. The number of hydrogen-bond donors (Lipinski definition) is 1. The van der Waals surface area contributed by atoms with Gasteiger partial charge >= 0.3 is 0 Å². The maximum atomic E-state index is 6.10. The third kappa shape index (κ3) is 5.04. The van der Waals surface area contributed by atoms with E-state index in [1.807, 2.05) is 24.3 Å². The molecule has 1 aromatic rings. The van der Waals surface area contributed by atoms with E-state index in [2.05, 4.69) is 6.92 Å². The summed E-state index contributed by atoms with van der Waals surface area (Å²) < 4.78 is 16.1. The van der Waals surface area contributed by atoms with Crippen LogP contribution < -0.4 is 10.5 Å². The van der Waals surface area contributed by atoms with Gasteiger partial charge in [-0.2, -0.15) is 0 Å². The van der Waals surface area contributed by atoms with Crippen molar-refractivity contribution in [2.75, 3.05) is 33.5 Å². The van der Waals surface area contributed by atoms with Gasteiger partial charge in [-0.05, 0) is 12.5 Å². The molecular formula is C14H23NO3. The number of para-hydroxylation sites is 1. The van der Waals surface area contributed by atoms with Crippen molar-refractivity contribution >= 4 is 0 Å². The van der Waals surface area contributed by atoms with E-state index in [4.69, 9.17) is 19.9 Å². The number of rotatable bonds is 9. The summed E-state index contributed by atoms with van der Waals surface area (Å²) in [4.78, 5) is 0. The lowest BCUT2D eigenvalue weighted by molar-refractivity contribution is 0.119. The average molecular weight is 253 g/mol. The number of ether oxygens (including phenoxy) is 3. The van der Waals surface area contributed by atoms with Crippen LogP contribution in [0.3, 0.4) is 0 Å². The Hall–Kier alpha value is -1.10. The van der Waals surface area contributed by atoms with Crippen molar-refractivity contribution in [3.63, 3.8) is 0 Å². The molecule has 1 aromatic carbocycles. The second kappa shape index (κ2) is 8.91. The molecule has 0 aliphatic heterocycles. The Morgan fingerprint density at radius 1 is 1.17 bits per heavy atom. The van der Waals surface area contributed by atoms with Crippen LogP contribution in [-0.4, -0.2) is 33.5 Å². The number of benzene rings is 1. The summed E-state index contributed by atoms with van der Waals surface area (Å²) in [5, 5.41) is 0. The first-order valence-corrected chi connectivity index (χ1v) is 6.33. The predicted molar refractivity (Wildman–Crippen MR) is 71.9 cm³/mol. The minimum atomic E-state index is -0.157. The minimum absolute atomic E-state index is 0.157. The highest BCUT2D eigenvalue weighted by Gasteiger charge is 2.11. The first-order valence-electron chi connectivity index (χ1n) is 6.33. The molecule has 0 aliphatic rings. The zero-order valence-corrected chi connectivity index (χ0v) is 11.2. The second-order valence-corrected chi connectivity index (χ2v) is 4.06. The summed E-state index contributed by atoms with van der Waals surface area (Å²) in [5.74, 6) is 0.808. The van der Waals surface area contributed by atoms with Crippen LogP contribution in [0.4, 0.5) is 0 Å². The van der Waals surface area contributed by atoms with Crippen molar-refractivity contribution in [1.82, 2.24) is 0 Å². The van der Waals surface area contributed by atoms with E-state index in [0.29, 0.717) is 19.8 Å². The lowest BCUT2D eigenvalue weighted by atomic mass is 10.1. The third-order valence-electron chi connectivity index (χ3n) is 2.51. The molecule has 0 fully saturated rings. The molecule has 102 valence electrons. The molecule has 0 amide bonds. The Kier molecular flexibility index (Phi) is 7.41. The van der Waals surface area contributed by atoms with Crippen molar-refractivity contribution in [3.05, 3.63) is 29.8 Å². The van der Waals surface area contributed by atoms with Crippen LogP contribution in [0.1, 0.15) is 24.9 Å². The summed E-state index contributed by atoms with van der Waals surface area (Å²) in [6.07, 6.45) is 0.999. The van der Waals surface area contributed by atoms with E-state index in [1.54, 1.807) is 7.11 Å². The van der Waals surface area contributed by atoms with Gasteiger partial charge in [0, 0.05) is 19.3 Å². The van der Waals surface area contributed by atoms with Gasteiger partial charge in [0.15, 0.2) is 0 Å². The van der Waals surface area contributed by atoms with Crippen LogP contribution in [0.5, 0.6) is 5.75 Å². The predicted octanol–water partition coefficient (Wildman–Crippen LogP) is 2.14. The first kappa shape index (κ1) is 15.0. The zero-order chi connectivity index (χ0) is 13.2. The molecule has 0 heterocycles. The van der Waals surface area contributed by atoms with Gasteiger partial charge in [0.05, 0.1) is 19.3 Å². The Morgan fingerprint density at radius 2 is 1.94 bits per heavy atom. The standard InChI is InChI=1S/C14H23NO3/c1-3-8-17-11-13(15)12-6-4-5-7-14(12)18-10-9-16-2/h4-7,13H,3,8-11,15H2,1-2H3. The van der Waals surface area contributed by atoms with Crippen LogP contribution >= 0.6 is 0 Å². The second-order valence-electron chi connectivity index (χ2n) is 4.06. The Bertz CT molecular complexity index is 331. The van der Waals surface area contributed by atoms with E-state index in [9.17, 15) is 0 Å². The molecule has 0 saturated heterocycles. The third-order valence-corrected chi connectivity index (χ3v) is 2.51. The van der Waals surface area contributed by atoms with E-state index in [1.165, 1.54) is 0 Å². The molecule has 0 aliphatic carbocycles. The average Bonchev–Trinajstić information content (AvgIpc) is 2.40. The first-order chi connectivity index (χ1) is 8.79. The molecule has 18 heavy (non-hydrogen) atoms. The highest BCUT2D eigenvalue weighted by molar-refractivity contribution is 5.35. The zero-order valence-electron chi connectivity index (χ0n) is 11.2. The van der Waals surface area contributed by atoms with E-state index in [0.717, 1.165) is 24.3 Å². The summed E-state index contributed by atoms with van der Waals surface area (Å²) >= 11 is 0. The minimum Gasteiger partial charge on any atom is -0.491 e. The summed E-state index contributed by atoms with van der Waals surface area (Å²) in [5.41, 5.74) is 7.08. The number of methoxy groups -OCH3 is 1. The molecule has 1 atom stereocenters. The Labute approximate surface area is 109 Å². The van der Waals surface area contributed by atoms with Gasteiger partial charge in [-0.25, -0.2) is 0 Å². The van der Waals surface area contributed by atoms with Crippen molar-refractivity contribution < 1.29 is 14.2 Å². The van der Waals surface area contributed by atoms with Crippen LogP contribution in [0.2, 0.25) is 0 Å². The van der Waals surface area contributed by atoms with Gasteiger partial charge < -0.3 is 19.9 Å². The fourth-order valence-corrected chi connectivity index (χ4v) is 1.60. The summed E-state index contributed by atoms with van der Waals surface area (Å²) in [7, 11) is 1.65. The lowest BCUT2D eigenvalue weighted by Crippen LogP contribution is -2.19. The number of hydrogen-bond acceptors (Lipinski definition) is 4. The molecular weight excluding hydrogens is 230 g/mol. The molecule has 2 N–H and O–H groups in total. The topological polar surface area (TPSA) is 53.7 Å². The fourth-order valence-electron chi connectivity index (χ4n) is 1.60. The Balaban J connectivity index is 2.56. The molecule has 1 rings (SSSR count). The quantitative estimate of drug-likeness (QED) is 0.685. The maximum Gasteiger partial charge on any atom is 0.124 e. The van der Waals surface area contributed by atoms with Crippen molar-refractivity contribution in [3.8, 4) is 5.75 Å². The smallest absolute Gasteiger partial charge is 0.124 e. The molecule has 0 spiro atoms. The fraction of sp³-hybridized carbons (Fsp3) is 0.571. The van der Waals surface area contributed by atoms with Crippen LogP contribution in [0, 0.1) is 0 Å². The van der Waals surface area contributed by atoms with Crippen LogP contribution in [-0.2, 0) is 9.47 Å². The molecule has 0 radical (unpaired) electrons. The Morgan fingerprint density at radius 3 is 2.67 bits per heavy atom. The highest BCUT2D eigenvalue weighted by Crippen LogP contribution is 2.23. The van der Waals surface area contributed by atoms with Gasteiger partial charge in [-0.15, -0.1) is 0 Å². The molecule has 4 heteroatoms. The van der Waals surface area contributed by atoms with Gasteiger partial charge in [0.2, 0.25) is 0 Å². The molecule has 0 aromatic heterocycles. The molecule has 1 unspecified atom stereocenters. The van der Waals surface area contributed by atoms with E-state index < -0.39 is 0 Å². The van der Waals surface area contributed by atoms with Crippen LogP contribution in [0.15, 0.2) is 24.3 Å². The van der Waals surface area contributed by atoms with Gasteiger partial charge in [0.1, 0.15) is 12.4 Å². The van der Waals surface area contributed by atoms with E-state index in [-0.39, 0.29) is 6.04 Å². The van der Waals surface area contributed by atoms with Gasteiger partial charge in [-0.3, -0.25) is 0 Å². The van der Waals surface area contributed by atoms with E-state index >= 15 is 0 Å². The van der Waals surface area contributed by atoms with Crippen molar-refractivity contribution in [2.45, 2.75) is 19.4 Å². The monoisotopic (exact) mass is 253 g/mol. The maximum absolute atomic E-state index is 6.10. The van der Waals surface area contributed by atoms with Gasteiger partial charge in [0.25, 0.3) is 0 Å². The lowest BCUT2D eigenvalue weighted by Gasteiger charge is -2.17. The molecule has 0 bridgehead atoms. The van der Waals surface area contributed by atoms with Crippen LogP contribution in [0.25, 0.3) is 0 Å². The van der Waals surface area contributed by atoms with Crippen molar-refractivity contribution in [1.29, 1.82) is 0 Å². The summed E-state index contributed by atoms with van der Waals surface area (Å²) in [6, 6.07) is 7.63. The SMILES string of the molecule is CCCOCC(N)c1ccccc1OCCOC. The molecule has 0 saturated carbocycles. The largest absolute Gasteiger partial charge is 0.491 e. The molecule has 4 nitrogen and oxygen atoms in total. The van der Waals surface area contributed by atoms with Crippen molar-refractivity contribution in [2.24, 2.45) is 5.73 Å².